The summed E-state index contributed by atoms with van der Waals surface area (Å²) in [5.41, 5.74) is 3.71. The molecule has 1 N–H and O–H groups in total. The monoisotopic (exact) mass is 318 g/mol. The molecule has 0 bridgehead atoms. The van der Waals surface area contributed by atoms with Crippen molar-refractivity contribution in [3.63, 3.8) is 0 Å². The Kier molecular flexibility index (Phi) is 6.60. The number of allylic oxidation sites excluding steroid dienone is 3. The maximum absolute atomic E-state index is 10.3. The third kappa shape index (κ3) is 5.96. The van der Waals surface area contributed by atoms with E-state index in [0.29, 0.717) is 0 Å². The molecule has 2 rings (SSSR count). The minimum Gasteiger partial charge on any atom is -0.391 e. The molecule has 0 unspecified atom stereocenters. The summed E-state index contributed by atoms with van der Waals surface area (Å²) in [5, 5.41) is 14.2. The lowest BCUT2D eigenvalue weighted by molar-refractivity contribution is 0.138. The second-order valence-corrected chi connectivity index (χ2v) is 7.06. The minimum atomic E-state index is -0.278. The Morgan fingerprint density at radius 1 is 1.35 bits per heavy atom. The van der Waals surface area contributed by atoms with Gasteiger partial charge in [-0.1, -0.05) is 28.5 Å². The molecule has 23 heavy (non-hydrogen) atoms. The first-order chi connectivity index (χ1) is 10.9. The molecular weight excluding hydrogens is 288 g/mol. The summed E-state index contributed by atoms with van der Waals surface area (Å²) >= 11 is 0. The van der Waals surface area contributed by atoms with Crippen LogP contribution in [0.5, 0.6) is 0 Å². The third-order valence-electron chi connectivity index (χ3n) is 4.41. The van der Waals surface area contributed by atoms with E-state index >= 15 is 0 Å². The third-order valence-corrected chi connectivity index (χ3v) is 4.41. The second-order valence-electron chi connectivity index (χ2n) is 7.06. The molecule has 2 heterocycles. The molecular formula is C19H30N2O2. The summed E-state index contributed by atoms with van der Waals surface area (Å²) in [6.07, 6.45) is 7.30. The molecule has 4 heteroatoms. The number of aromatic nitrogens is 1. The number of aryl methyl sites for hydroxylation is 1. The first kappa shape index (κ1) is 18.0. The Balaban J connectivity index is 1.78. The predicted octanol–water partition coefficient (Wildman–Crippen LogP) is 3.51. The van der Waals surface area contributed by atoms with Crippen LogP contribution in [0, 0.1) is 12.8 Å². The molecule has 1 aliphatic heterocycles. The molecule has 0 radical (unpaired) electrons. The molecule has 0 aliphatic carbocycles. The van der Waals surface area contributed by atoms with Crippen molar-refractivity contribution in [2.75, 3.05) is 19.6 Å². The zero-order valence-electron chi connectivity index (χ0n) is 14.9. The topological polar surface area (TPSA) is 49.5 Å². The number of aliphatic hydroxyl groups is 1. The lowest BCUT2D eigenvalue weighted by Gasteiger charge is -2.13. The Bertz CT molecular complexity index is 555. The van der Waals surface area contributed by atoms with Crippen LogP contribution in [0.25, 0.3) is 0 Å². The lowest BCUT2D eigenvalue weighted by Crippen LogP contribution is -2.22. The van der Waals surface area contributed by atoms with Gasteiger partial charge in [0.15, 0.2) is 0 Å². The van der Waals surface area contributed by atoms with Crippen LogP contribution in [0.2, 0.25) is 0 Å². The zero-order chi connectivity index (χ0) is 16.8. The number of hydrogen-bond donors (Lipinski definition) is 1. The number of β-amino-alcohol motifs (C(OH)–C–C–N with tert-alkyl or cyclic N) is 1. The van der Waals surface area contributed by atoms with E-state index in [9.17, 15) is 5.11 Å². The number of hydrogen-bond acceptors (Lipinski definition) is 4. The summed E-state index contributed by atoms with van der Waals surface area (Å²) in [5.74, 6) is 1.11. The van der Waals surface area contributed by atoms with Crippen molar-refractivity contribution in [3.05, 3.63) is 40.8 Å². The van der Waals surface area contributed by atoms with Crippen molar-refractivity contribution >= 4 is 0 Å². The van der Waals surface area contributed by atoms with Gasteiger partial charge >= 0.3 is 0 Å². The van der Waals surface area contributed by atoms with E-state index < -0.39 is 0 Å². The maximum atomic E-state index is 10.3. The maximum Gasteiger partial charge on any atom is 0.137 e. The highest BCUT2D eigenvalue weighted by atomic mass is 16.5. The van der Waals surface area contributed by atoms with Gasteiger partial charge in [-0.2, -0.15) is 0 Å². The van der Waals surface area contributed by atoms with Gasteiger partial charge in [0.2, 0.25) is 0 Å². The Morgan fingerprint density at radius 2 is 2.13 bits per heavy atom. The van der Waals surface area contributed by atoms with Crippen LogP contribution in [0.3, 0.4) is 0 Å². The molecule has 4 nitrogen and oxygen atoms in total. The highest BCUT2D eigenvalue weighted by molar-refractivity contribution is 5.07. The van der Waals surface area contributed by atoms with Gasteiger partial charge in [-0.15, -0.1) is 0 Å². The molecule has 0 aromatic carbocycles. The average molecular weight is 318 g/mol. The standard InChI is InChI=1S/C19H30N2O2/c1-14(2)6-5-7-15(3)8-9-21-12-17(19(22)13-21)11-18-10-16(4)20-23-18/h6,8,10,17,19,22H,5,7,9,11-13H2,1-4H3/b15-8+/t17-,19+/m1/s1. The summed E-state index contributed by atoms with van der Waals surface area (Å²) in [4.78, 5) is 2.32. The quantitative estimate of drug-likeness (QED) is 0.782. The van der Waals surface area contributed by atoms with Crippen molar-refractivity contribution < 1.29 is 9.63 Å². The Hall–Kier alpha value is -1.39. The largest absolute Gasteiger partial charge is 0.391 e. The fourth-order valence-corrected chi connectivity index (χ4v) is 3.04. The van der Waals surface area contributed by atoms with Gasteiger partial charge in [0.25, 0.3) is 0 Å². The number of rotatable bonds is 7. The predicted molar refractivity (Wildman–Crippen MR) is 93.3 cm³/mol. The highest BCUT2D eigenvalue weighted by Gasteiger charge is 2.31. The molecule has 1 aromatic heterocycles. The van der Waals surface area contributed by atoms with Crippen LogP contribution in [0.1, 0.15) is 45.1 Å². The van der Waals surface area contributed by atoms with Crippen LogP contribution in [0.4, 0.5) is 0 Å². The van der Waals surface area contributed by atoms with Gasteiger partial charge in [0, 0.05) is 38.0 Å². The molecule has 2 atom stereocenters. The molecule has 1 aromatic rings. The van der Waals surface area contributed by atoms with E-state index in [1.54, 1.807) is 0 Å². The van der Waals surface area contributed by atoms with Gasteiger partial charge in [0.05, 0.1) is 11.8 Å². The second kappa shape index (κ2) is 8.46. The SMILES string of the molecule is CC(C)=CCC/C(C)=C/CN1C[C@@H](Cc2cc(C)no2)[C@@H](O)C1. The summed E-state index contributed by atoms with van der Waals surface area (Å²) in [6, 6.07) is 1.96. The van der Waals surface area contributed by atoms with Crippen LogP contribution < -0.4 is 0 Å². The molecule has 0 amide bonds. The number of aliphatic hydroxyl groups excluding tert-OH is 1. The van der Waals surface area contributed by atoms with Crippen LogP contribution in [-0.2, 0) is 6.42 Å². The normalized spacial score (nSPS) is 22.6. The zero-order valence-corrected chi connectivity index (χ0v) is 14.9. The van der Waals surface area contributed by atoms with Crippen molar-refractivity contribution in [2.24, 2.45) is 5.92 Å². The Labute approximate surface area is 139 Å². The van der Waals surface area contributed by atoms with Gasteiger partial charge in [-0.05, 0) is 40.5 Å². The van der Waals surface area contributed by atoms with E-state index in [0.717, 1.165) is 50.4 Å². The average Bonchev–Trinajstić information content (AvgIpc) is 3.03. The minimum absolute atomic E-state index is 0.238. The van der Waals surface area contributed by atoms with Gasteiger partial charge in [0.1, 0.15) is 5.76 Å². The Morgan fingerprint density at radius 3 is 2.78 bits per heavy atom. The van der Waals surface area contributed by atoms with Gasteiger partial charge in [-0.25, -0.2) is 0 Å². The fourth-order valence-electron chi connectivity index (χ4n) is 3.04. The molecule has 1 aliphatic rings. The van der Waals surface area contributed by atoms with Crippen LogP contribution in [0.15, 0.2) is 33.9 Å². The first-order valence-corrected chi connectivity index (χ1v) is 8.55. The summed E-state index contributed by atoms with van der Waals surface area (Å²) < 4.78 is 5.27. The molecule has 0 saturated carbocycles. The van der Waals surface area contributed by atoms with Crippen molar-refractivity contribution in [1.29, 1.82) is 0 Å². The first-order valence-electron chi connectivity index (χ1n) is 8.55. The molecule has 1 saturated heterocycles. The molecule has 0 spiro atoms. The van der Waals surface area contributed by atoms with E-state index in [-0.39, 0.29) is 12.0 Å². The summed E-state index contributed by atoms with van der Waals surface area (Å²) in [7, 11) is 0. The summed E-state index contributed by atoms with van der Waals surface area (Å²) in [6.45, 7) is 11.0. The number of likely N-dealkylation sites (tertiary alicyclic amines) is 1. The van der Waals surface area contributed by atoms with Gasteiger partial charge in [-0.3, -0.25) is 4.90 Å². The van der Waals surface area contributed by atoms with E-state index in [1.807, 2.05) is 13.0 Å². The van der Waals surface area contributed by atoms with Crippen LogP contribution in [-0.4, -0.2) is 40.9 Å². The fraction of sp³-hybridized carbons (Fsp3) is 0.632. The van der Waals surface area contributed by atoms with Crippen molar-refractivity contribution in [1.82, 2.24) is 10.1 Å². The smallest absolute Gasteiger partial charge is 0.137 e. The van der Waals surface area contributed by atoms with E-state index in [2.05, 4.69) is 43.0 Å². The van der Waals surface area contributed by atoms with E-state index in [4.69, 9.17) is 4.52 Å². The van der Waals surface area contributed by atoms with Crippen molar-refractivity contribution in [3.8, 4) is 0 Å². The highest BCUT2D eigenvalue weighted by Crippen LogP contribution is 2.22. The number of nitrogens with zero attached hydrogens (tertiary/aromatic N) is 2. The van der Waals surface area contributed by atoms with Crippen molar-refractivity contribution in [2.45, 2.75) is 53.1 Å². The molecule has 128 valence electrons. The van der Waals surface area contributed by atoms with Gasteiger partial charge < -0.3 is 9.63 Å². The van der Waals surface area contributed by atoms with Crippen LogP contribution >= 0.6 is 0 Å². The lowest BCUT2D eigenvalue weighted by atomic mass is 10.0. The molecule has 1 fully saturated rings. The van der Waals surface area contributed by atoms with E-state index in [1.165, 1.54) is 11.1 Å².